The number of nitrogens with zero attached hydrogens (tertiary/aromatic N) is 2. The number of hydrogen-bond acceptors (Lipinski definition) is 5. The lowest BCUT2D eigenvalue weighted by atomic mass is 10.2. The average Bonchev–Trinajstić information content (AvgIpc) is 3.17. The van der Waals surface area contributed by atoms with Crippen LogP contribution in [0, 0.1) is 13.8 Å². The van der Waals surface area contributed by atoms with Gasteiger partial charge in [-0.05, 0) is 99.6 Å². The van der Waals surface area contributed by atoms with Crippen molar-refractivity contribution in [1.82, 2.24) is 4.57 Å². The Hall–Kier alpha value is -4.32. The van der Waals surface area contributed by atoms with Crippen LogP contribution in [0.5, 0.6) is 17.2 Å². The topological polar surface area (TPSA) is 62.1 Å². The highest BCUT2D eigenvalue weighted by molar-refractivity contribution is 5.89. The summed E-state index contributed by atoms with van der Waals surface area (Å²) >= 11 is 0. The molecule has 0 N–H and O–H groups in total. The van der Waals surface area contributed by atoms with E-state index in [-0.39, 0.29) is 5.97 Å². The van der Waals surface area contributed by atoms with Gasteiger partial charge in [-0.2, -0.15) is 0 Å². The number of carbonyl (C=O) groups is 1. The molecule has 6 heteroatoms. The van der Waals surface area contributed by atoms with Crippen LogP contribution in [0.4, 0.5) is 5.69 Å². The van der Waals surface area contributed by atoms with Gasteiger partial charge in [0.2, 0.25) is 0 Å². The van der Waals surface area contributed by atoms with E-state index in [2.05, 4.69) is 29.5 Å². The molecule has 0 amide bonds. The largest absolute Gasteiger partial charge is 0.497 e. The number of aromatic nitrogens is 1. The summed E-state index contributed by atoms with van der Waals surface area (Å²) in [5.74, 6) is 1.95. The molecule has 35 heavy (non-hydrogen) atoms. The number of aliphatic imine (C=N–C) groups is 1. The third-order valence-corrected chi connectivity index (χ3v) is 5.59. The molecule has 1 aromatic heterocycles. The van der Waals surface area contributed by atoms with Gasteiger partial charge in [0.1, 0.15) is 17.2 Å². The molecule has 6 nitrogen and oxygen atoms in total. The zero-order chi connectivity index (χ0) is 24.8. The van der Waals surface area contributed by atoms with Crippen LogP contribution in [0.25, 0.3) is 5.69 Å². The number of rotatable bonds is 8. The molecule has 0 aliphatic rings. The standard InChI is InChI=1S/C29H28N2O4/c1-5-34-29(32)22-6-10-25(11-7-22)31-20(2)18-23(21(31)3)19-30-24-8-12-27(13-9-24)35-28-16-14-26(33-4)15-17-28/h6-19H,5H2,1-4H3. The summed E-state index contributed by atoms with van der Waals surface area (Å²) in [7, 11) is 1.64. The Morgan fingerprint density at radius 1 is 0.886 bits per heavy atom. The maximum atomic E-state index is 11.9. The van der Waals surface area contributed by atoms with Crippen molar-refractivity contribution in [3.8, 4) is 22.9 Å². The average molecular weight is 469 g/mol. The fraction of sp³-hybridized carbons (Fsp3) is 0.172. The van der Waals surface area contributed by atoms with Crippen LogP contribution in [0.2, 0.25) is 0 Å². The molecule has 0 saturated carbocycles. The predicted molar refractivity (Wildman–Crippen MR) is 138 cm³/mol. The minimum atomic E-state index is -0.312. The van der Waals surface area contributed by atoms with Crippen molar-refractivity contribution in [2.75, 3.05) is 13.7 Å². The van der Waals surface area contributed by atoms with E-state index in [1.165, 1.54) is 0 Å². The van der Waals surface area contributed by atoms with Gasteiger partial charge in [0.05, 0.1) is 25.0 Å². The van der Waals surface area contributed by atoms with Gasteiger partial charge in [0, 0.05) is 28.9 Å². The van der Waals surface area contributed by atoms with E-state index >= 15 is 0 Å². The first-order valence-corrected chi connectivity index (χ1v) is 11.4. The second-order valence-corrected chi connectivity index (χ2v) is 7.96. The lowest BCUT2D eigenvalue weighted by Crippen LogP contribution is -2.05. The van der Waals surface area contributed by atoms with Gasteiger partial charge in [-0.1, -0.05) is 0 Å². The number of hydrogen-bond donors (Lipinski definition) is 0. The van der Waals surface area contributed by atoms with Gasteiger partial charge in [0.15, 0.2) is 0 Å². The smallest absolute Gasteiger partial charge is 0.338 e. The monoisotopic (exact) mass is 468 g/mol. The molecule has 0 spiro atoms. The van der Waals surface area contributed by atoms with Crippen molar-refractivity contribution in [3.63, 3.8) is 0 Å². The summed E-state index contributed by atoms with van der Waals surface area (Å²) in [6.45, 7) is 6.26. The molecule has 0 saturated heterocycles. The molecular weight excluding hydrogens is 440 g/mol. The summed E-state index contributed by atoms with van der Waals surface area (Å²) < 4.78 is 18.3. The molecule has 0 aliphatic heterocycles. The predicted octanol–water partition coefficient (Wildman–Crippen LogP) is 6.82. The van der Waals surface area contributed by atoms with Crippen molar-refractivity contribution in [3.05, 3.63) is 101 Å². The van der Waals surface area contributed by atoms with Crippen LogP contribution in [-0.2, 0) is 4.74 Å². The summed E-state index contributed by atoms with van der Waals surface area (Å²) in [5.41, 5.74) is 5.52. The van der Waals surface area contributed by atoms with Crippen LogP contribution in [0.1, 0.15) is 34.2 Å². The lowest BCUT2D eigenvalue weighted by molar-refractivity contribution is 0.0526. The van der Waals surface area contributed by atoms with Gasteiger partial charge in [-0.25, -0.2) is 4.79 Å². The summed E-state index contributed by atoms with van der Waals surface area (Å²) in [5, 5.41) is 0. The van der Waals surface area contributed by atoms with E-state index in [1.54, 1.807) is 26.2 Å². The number of carbonyl (C=O) groups excluding carboxylic acids is 1. The molecule has 0 unspecified atom stereocenters. The number of esters is 1. The molecule has 4 rings (SSSR count). The maximum Gasteiger partial charge on any atom is 0.338 e. The highest BCUT2D eigenvalue weighted by atomic mass is 16.5. The lowest BCUT2D eigenvalue weighted by Gasteiger charge is -2.10. The van der Waals surface area contributed by atoms with E-state index < -0.39 is 0 Å². The Morgan fingerprint density at radius 3 is 2.09 bits per heavy atom. The summed E-state index contributed by atoms with van der Waals surface area (Å²) in [6, 6.07) is 24.6. The first-order chi connectivity index (χ1) is 17.0. The molecule has 0 radical (unpaired) electrons. The van der Waals surface area contributed by atoms with Crippen molar-refractivity contribution in [2.24, 2.45) is 4.99 Å². The molecule has 4 aromatic rings. The molecule has 0 atom stereocenters. The maximum absolute atomic E-state index is 11.9. The van der Waals surface area contributed by atoms with Crippen LogP contribution in [0.15, 0.2) is 83.9 Å². The summed E-state index contributed by atoms with van der Waals surface area (Å²) in [4.78, 5) is 16.6. The van der Waals surface area contributed by atoms with Crippen molar-refractivity contribution in [1.29, 1.82) is 0 Å². The van der Waals surface area contributed by atoms with Crippen LogP contribution in [0.3, 0.4) is 0 Å². The Morgan fingerprint density at radius 2 is 1.49 bits per heavy atom. The molecule has 178 valence electrons. The van der Waals surface area contributed by atoms with Crippen LogP contribution >= 0.6 is 0 Å². The molecule has 0 aliphatic carbocycles. The van der Waals surface area contributed by atoms with Gasteiger partial charge in [0.25, 0.3) is 0 Å². The van der Waals surface area contributed by atoms with Gasteiger partial charge >= 0.3 is 5.97 Å². The van der Waals surface area contributed by atoms with E-state index in [0.717, 1.165) is 45.6 Å². The van der Waals surface area contributed by atoms with Gasteiger partial charge in [-0.15, -0.1) is 0 Å². The quantitative estimate of drug-likeness (QED) is 0.210. The first-order valence-electron chi connectivity index (χ1n) is 11.4. The minimum absolute atomic E-state index is 0.312. The third kappa shape index (κ3) is 5.61. The van der Waals surface area contributed by atoms with E-state index in [9.17, 15) is 4.79 Å². The SMILES string of the molecule is CCOC(=O)c1ccc(-n2c(C)cc(C=Nc3ccc(Oc4ccc(OC)cc4)cc3)c2C)cc1. The number of ether oxygens (including phenoxy) is 3. The number of aryl methyl sites for hydroxylation is 1. The van der Waals surface area contributed by atoms with Crippen LogP contribution < -0.4 is 9.47 Å². The zero-order valence-corrected chi connectivity index (χ0v) is 20.3. The second-order valence-electron chi connectivity index (χ2n) is 7.96. The third-order valence-electron chi connectivity index (χ3n) is 5.59. The number of methoxy groups -OCH3 is 1. The van der Waals surface area contributed by atoms with Gasteiger partial charge in [-0.3, -0.25) is 4.99 Å². The zero-order valence-electron chi connectivity index (χ0n) is 20.3. The van der Waals surface area contributed by atoms with E-state index in [0.29, 0.717) is 12.2 Å². The Balaban J connectivity index is 1.46. The van der Waals surface area contributed by atoms with Crippen molar-refractivity contribution < 1.29 is 19.0 Å². The van der Waals surface area contributed by atoms with Crippen molar-refractivity contribution >= 4 is 17.9 Å². The van der Waals surface area contributed by atoms with Gasteiger partial charge < -0.3 is 18.8 Å². The van der Waals surface area contributed by atoms with Crippen molar-refractivity contribution in [2.45, 2.75) is 20.8 Å². The number of benzene rings is 3. The molecule has 0 bridgehead atoms. The molecule has 3 aromatic carbocycles. The second kappa shape index (κ2) is 10.7. The van der Waals surface area contributed by atoms with E-state index in [1.807, 2.05) is 66.9 Å². The Kier molecular flexibility index (Phi) is 7.31. The van der Waals surface area contributed by atoms with E-state index in [4.69, 9.17) is 14.2 Å². The fourth-order valence-electron chi connectivity index (χ4n) is 3.80. The molecule has 0 fully saturated rings. The normalized spacial score (nSPS) is 11.0. The molecule has 1 heterocycles. The highest BCUT2D eigenvalue weighted by Crippen LogP contribution is 2.26. The highest BCUT2D eigenvalue weighted by Gasteiger charge is 2.11. The first kappa shape index (κ1) is 23.8. The molecular formula is C29H28N2O4. The summed E-state index contributed by atoms with van der Waals surface area (Å²) in [6.07, 6.45) is 1.87. The Labute approximate surface area is 205 Å². The minimum Gasteiger partial charge on any atom is -0.497 e. The Bertz CT molecular complexity index is 1320. The van der Waals surface area contributed by atoms with Crippen LogP contribution in [-0.4, -0.2) is 30.5 Å². The fourth-order valence-corrected chi connectivity index (χ4v) is 3.80.